The van der Waals surface area contributed by atoms with E-state index >= 15 is 0 Å². The van der Waals surface area contributed by atoms with Gasteiger partial charge in [0.25, 0.3) is 5.24 Å². The lowest BCUT2D eigenvalue weighted by molar-refractivity contribution is 0.0696. The molecular formula is C12H8Cl4N2O3. The Balaban J connectivity index is 0.000000364. The quantitative estimate of drug-likeness (QED) is 0.639. The summed E-state index contributed by atoms with van der Waals surface area (Å²) in [6.07, 6.45) is 2.54. The fourth-order valence-corrected chi connectivity index (χ4v) is 1.33. The number of nitrogens with zero attached hydrogens (tertiary/aromatic N) is 2. The highest BCUT2D eigenvalue weighted by Crippen LogP contribution is 2.07. The number of aromatic nitrogens is 2. The van der Waals surface area contributed by atoms with Crippen molar-refractivity contribution in [2.24, 2.45) is 0 Å². The minimum Gasteiger partial charge on any atom is -0.478 e. The van der Waals surface area contributed by atoms with Crippen molar-refractivity contribution in [2.75, 3.05) is 0 Å². The number of carbonyl (C=O) groups is 2. The second kappa shape index (κ2) is 9.52. The summed E-state index contributed by atoms with van der Waals surface area (Å²) in [6, 6.07) is 5.87. The van der Waals surface area contributed by atoms with Crippen molar-refractivity contribution in [2.45, 2.75) is 0 Å². The van der Waals surface area contributed by atoms with Crippen molar-refractivity contribution in [1.82, 2.24) is 9.97 Å². The SMILES string of the molecule is Cl.O=C(Cl)c1ccc(Cl)nc1.O=C(O)c1ccc(Cl)nc1. The number of carboxylic acids is 1. The van der Waals surface area contributed by atoms with Crippen molar-refractivity contribution in [1.29, 1.82) is 0 Å². The zero-order chi connectivity index (χ0) is 15.1. The van der Waals surface area contributed by atoms with Crippen LogP contribution in [0.4, 0.5) is 0 Å². The van der Waals surface area contributed by atoms with Gasteiger partial charge in [0, 0.05) is 12.4 Å². The first kappa shape index (κ1) is 19.6. The van der Waals surface area contributed by atoms with Crippen LogP contribution in [0, 0.1) is 0 Å². The van der Waals surface area contributed by atoms with Gasteiger partial charge in [0.2, 0.25) is 0 Å². The van der Waals surface area contributed by atoms with E-state index in [-0.39, 0.29) is 18.0 Å². The highest BCUT2D eigenvalue weighted by molar-refractivity contribution is 6.67. The summed E-state index contributed by atoms with van der Waals surface area (Å²) < 4.78 is 0. The van der Waals surface area contributed by atoms with Crippen LogP contribution < -0.4 is 0 Å². The average Bonchev–Trinajstić information content (AvgIpc) is 2.40. The molecule has 0 bridgehead atoms. The van der Waals surface area contributed by atoms with Crippen LogP contribution in [0.1, 0.15) is 20.7 Å². The zero-order valence-corrected chi connectivity index (χ0v) is 13.2. The summed E-state index contributed by atoms with van der Waals surface area (Å²) in [4.78, 5) is 27.9. The Labute approximate surface area is 141 Å². The molecule has 2 heterocycles. The predicted molar refractivity (Wildman–Crippen MR) is 82.9 cm³/mol. The van der Waals surface area contributed by atoms with Gasteiger partial charge in [-0.05, 0) is 35.9 Å². The van der Waals surface area contributed by atoms with Gasteiger partial charge in [0.1, 0.15) is 10.3 Å². The van der Waals surface area contributed by atoms with Crippen LogP contribution in [-0.2, 0) is 0 Å². The molecule has 0 spiro atoms. The second-order valence-corrected chi connectivity index (χ2v) is 4.44. The molecule has 0 radical (unpaired) electrons. The van der Waals surface area contributed by atoms with Crippen LogP contribution in [0.2, 0.25) is 10.3 Å². The number of carboxylic acid groups (broad SMARTS) is 1. The lowest BCUT2D eigenvalue weighted by atomic mass is 10.3. The molecule has 0 amide bonds. The molecule has 112 valence electrons. The average molecular weight is 370 g/mol. The summed E-state index contributed by atoms with van der Waals surface area (Å²) in [6.45, 7) is 0. The van der Waals surface area contributed by atoms with Gasteiger partial charge in [-0.1, -0.05) is 23.2 Å². The summed E-state index contributed by atoms with van der Waals surface area (Å²) in [5.41, 5.74) is 0.496. The standard InChI is InChI=1S/C6H3Cl2NO.C6H4ClNO2.ClH/c7-5-2-1-4(3-9-5)6(8)10;7-5-2-1-4(3-8-5)6(9)10;/h1-3H;1-3H,(H,9,10);1H. The van der Waals surface area contributed by atoms with Gasteiger partial charge in [0.05, 0.1) is 11.1 Å². The fourth-order valence-electron chi connectivity index (χ4n) is 0.994. The zero-order valence-electron chi connectivity index (χ0n) is 10.2. The van der Waals surface area contributed by atoms with E-state index in [1.54, 1.807) is 0 Å². The smallest absolute Gasteiger partial charge is 0.337 e. The molecule has 0 saturated heterocycles. The van der Waals surface area contributed by atoms with E-state index in [0.29, 0.717) is 15.9 Å². The number of hydrogen-bond acceptors (Lipinski definition) is 4. The molecule has 1 N–H and O–H groups in total. The van der Waals surface area contributed by atoms with Crippen molar-refractivity contribution in [3.05, 3.63) is 58.1 Å². The molecule has 0 saturated carbocycles. The van der Waals surface area contributed by atoms with Crippen molar-refractivity contribution >= 4 is 58.4 Å². The van der Waals surface area contributed by atoms with Gasteiger partial charge in [-0.3, -0.25) is 4.79 Å². The van der Waals surface area contributed by atoms with E-state index in [1.165, 1.54) is 36.7 Å². The normalized spacial score (nSPS) is 8.90. The first-order valence-electron chi connectivity index (χ1n) is 5.06. The molecule has 2 aromatic rings. The highest BCUT2D eigenvalue weighted by Gasteiger charge is 2.00. The minimum atomic E-state index is -0.996. The molecule has 0 aliphatic rings. The fraction of sp³-hybridized carbons (Fsp3) is 0. The van der Waals surface area contributed by atoms with Crippen LogP contribution in [0.15, 0.2) is 36.7 Å². The highest BCUT2D eigenvalue weighted by atomic mass is 35.5. The third kappa shape index (κ3) is 7.24. The minimum absolute atomic E-state index is 0. The second-order valence-electron chi connectivity index (χ2n) is 3.32. The van der Waals surface area contributed by atoms with Crippen molar-refractivity contribution in [3.8, 4) is 0 Å². The molecule has 0 fully saturated rings. The number of aromatic carboxylic acids is 1. The Bertz CT molecular complexity index is 547. The summed E-state index contributed by atoms with van der Waals surface area (Å²) >= 11 is 16.0. The van der Waals surface area contributed by atoms with E-state index in [1.807, 2.05) is 0 Å². The monoisotopic (exact) mass is 368 g/mol. The molecule has 21 heavy (non-hydrogen) atoms. The topological polar surface area (TPSA) is 80.2 Å². The number of halogens is 4. The van der Waals surface area contributed by atoms with Crippen molar-refractivity contribution in [3.63, 3.8) is 0 Å². The third-order valence-electron chi connectivity index (χ3n) is 1.93. The molecular weight excluding hydrogens is 362 g/mol. The molecule has 5 nitrogen and oxygen atoms in total. The summed E-state index contributed by atoms with van der Waals surface area (Å²) in [7, 11) is 0. The van der Waals surface area contributed by atoms with Gasteiger partial charge in [0.15, 0.2) is 0 Å². The lowest BCUT2D eigenvalue weighted by Crippen LogP contribution is -1.95. The number of hydrogen-bond donors (Lipinski definition) is 1. The number of rotatable bonds is 2. The van der Waals surface area contributed by atoms with Gasteiger partial charge >= 0.3 is 5.97 Å². The Hall–Kier alpha value is -1.40. The van der Waals surface area contributed by atoms with Gasteiger partial charge in [-0.25, -0.2) is 14.8 Å². The largest absolute Gasteiger partial charge is 0.478 e. The van der Waals surface area contributed by atoms with E-state index < -0.39 is 11.2 Å². The van der Waals surface area contributed by atoms with Crippen LogP contribution in [0.25, 0.3) is 0 Å². The molecule has 2 rings (SSSR count). The Morgan fingerprint density at radius 1 is 0.905 bits per heavy atom. The molecule has 2 aromatic heterocycles. The van der Waals surface area contributed by atoms with E-state index in [9.17, 15) is 9.59 Å². The van der Waals surface area contributed by atoms with Gasteiger partial charge in [-0.15, -0.1) is 12.4 Å². The summed E-state index contributed by atoms with van der Waals surface area (Å²) in [5.74, 6) is -0.996. The maximum absolute atomic E-state index is 10.4. The number of pyridine rings is 2. The molecule has 0 aliphatic carbocycles. The molecule has 0 aromatic carbocycles. The van der Waals surface area contributed by atoms with Crippen molar-refractivity contribution < 1.29 is 14.7 Å². The van der Waals surface area contributed by atoms with E-state index in [4.69, 9.17) is 39.9 Å². The van der Waals surface area contributed by atoms with Crippen LogP contribution in [0.5, 0.6) is 0 Å². The third-order valence-corrected chi connectivity index (χ3v) is 2.59. The maximum Gasteiger partial charge on any atom is 0.337 e. The van der Waals surface area contributed by atoms with E-state index in [0.717, 1.165) is 0 Å². The Morgan fingerprint density at radius 3 is 1.62 bits per heavy atom. The van der Waals surface area contributed by atoms with Gasteiger partial charge < -0.3 is 5.11 Å². The Morgan fingerprint density at radius 2 is 1.33 bits per heavy atom. The molecule has 0 unspecified atom stereocenters. The van der Waals surface area contributed by atoms with Crippen LogP contribution >= 0.6 is 47.2 Å². The Kier molecular flexibility index (Phi) is 8.89. The molecule has 0 atom stereocenters. The van der Waals surface area contributed by atoms with Crippen LogP contribution in [0.3, 0.4) is 0 Å². The lowest BCUT2D eigenvalue weighted by Gasteiger charge is -1.90. The maximum atomic E-state index is 10.4. The van der Waals surface area contributed by atoms with Gasteiger partial charge in [-0.2, -0.15) is 0 Å². The predicted octanol–water partition coefficient (Wildman–Crippen LogP) is 3.97. The molecule has 0 aliphatic heterocycles. The first-order chi connectivity index (χ1) is 9.40. The van der Waals surface area contributed by atoms with E-state index in [2.05, 4.69) is 9.97 Å². The molecule has 9 heteroatoms. The first-order valence-corrected chi connectivity index (χ1v) is 6.20. The van der Waals surface area contributed by atoms with Crippen LogP contribution in [-0.4, -0.2) is 26.3 Å². The number of carbonyl (C=O) groups excluding carboxylic acids is 1. The summed E-state index contributed by atoms with van der Waals surface area (Å²) in [5, 5.41) is 8.51.